The maximum atomic E-state index is 16.8. The molecule has 0 spiro atoms. The van der Waals surface area contributed by atoms with Crippen LogP contribution in [-0.4, -0.2) is 57.7 Å². The number of carbonyl (C=O) groups excluding carboxylic acids is 1. The van der Waals surface area contributed by atoms with Crippen LogP contribution in [0.2, 0.25) is 0 Å². The number of hydrogen-bond donors (Lipinski definition) is 3. The Balaban J connectivity index is 1.23. The van der Waals surface area contributed by atoms with E-state index in [1.807, 2.05) is 0 Å². The van der Waals surface area contributed by atoms with Crippen LogP contribution in [0.3, 0.4) is 0 Å². The molecule has 46 heavy (non-hydrogen) atoms. The summed E-state index contributed by atoms with van der Waals surface area (Å²) in [4.78, 5) is 28.2. The molecule has 2 saturated heterocycles. The minimum atomic E-state index is -0.747. The van der Waals surface area contributed by atoms with Crippen molar-refractivity contribution in [2.45, 2.75) is 63.5 Å². The number of primary amides is 1. The summed E-state index contributed by atoms with van der Waals surface area (Å²) in [6.07, 6.45) is 14.0. The first-order valence-electron chi connectivity index (χ1n) is 15.9. The maximum Gasteiger partial charge on any atom is 0.319 e. The molecule has 9 rings (SSSR count). The van der Waals surface area contributed by atoms with Crippen molar-refractivity contribution in [1.29, 1.82) is 0 Å². The maximum absolute atomic E-state index is 16.8. The van der Waals surface area contributed by atoms with Gasteiger partial charge < -0.3 is 25.8 Å². The Labute approximate surface area is 264 Å². The number of nitrogens with two attached hydrogens (primary N) is 1. The standard InChI is InChI=1S/C35H34F2N6O3/c1-2-23-26(36)6-3-19-13-22(44)14-24(27(19)23)29-28(37)30-25(15-39-29)31(43-16-20-4-5-21(17-43)40-20)42-33(41-30)46-18-34-7-10-35(11-8-34,12-9-34)32(38)45/h1,3,6,13-15,20-21,40,44H,4-5,7-12,16-18H2,(H2,38,45)/t20-,21+,34?,35?. The highest BCUT2D eigenvalue weighted by Crippen LogP contribution is 2.56. The molecule has 4 heterocycles. The number of phenolic OH excluding ortho intramolecular Hbond substituents is 1. The summed E-state index contributed by atoms with van der Waals surface area (Å²) in [6.45, 7) is 1.75. The zero-order chi connectivity index (χ0) is 31.8. The Hall–Kier alpha value is -4.56. The number of phenols is 1. The first-order chi connectivity index (χ1) is 22.2. The predicted octanol–water partition coefficient (Wildman–Crippen LogP) is 4.96. The first-order valence-corrected chi connectivity index (χ1v) is 15.9. The number of amides is 1. The summed E-state index contributed by atoms with van der Waals surface area (Å²) < 4.78 is 37.9. The first kappa shape index (κ1) is 28.9. The lowest BCUT2D eigenvalue weighted by atomic mass is 9.54. The lowest BCUT2D eigenvalue weighted by molar-refractivity contribution is -0.138. The highest BCUT2D eigenvalue weighted by atomic mass is 19.1. The Morgan fingerprint density at radius 3 is 2.50 bits per heavy atom. The van der Waals surface area contributed by atoms with Crippen molar-refractivity contribution < 1.29 is 23.4 Å². The highest BCUT2D eigenvalue weighted by molar-refractivity contribution is 6.03. The SMILES string of the molecule is C#Cc1c(F)ccc2cc(O)cc(-c3ncc4c(N5C[C@H]6CC[C@@H](C5)N6)nc(OCC56CCC(C(N)=O)(CC5)CC6)nc4c3F)c12. The zero-order valence-electron chi connectivity index (χ0n) is 25.3. The van der Waals surface area contributed by atoms with E-state index in [4.69, 9.17) is 21.9 Å². The topological polar surface area (TPSA) is 126 Å². The smallest absolute Gasteiger partial charge is 0.319 e. The van der Waals surface area contributed by atoms with Gasteiger partial charge in [-0.25, -0.2) is 8.78 Å². The molecular formula is C35H34F2N6O3. The Bertz CT molecular complexity index is 1940. The van der Waals surface area contributed by atoms with Crippen molar-refractivity contribution in [2.75, 3.05) is 24.6 Å². The molecule has 0 radical (unpaired) electrons. The molecule has 2 aliphatic heterocycles. The third-order valence-corrected chi connectivity index (χ3v) is 11.0. The molecule has 11 heteroatoms. The van der Waals surface area contributed by atoms with Crippen LogP contribution in [-0.2, 0) is 4.79 Å². The van der Waals surface area contributed by atoms with Gasteiger partial charge in [-0.2, -0.15) is 9.97 Å². The fraction of sp³-hybridized carbons (Fsp3) is 0.429. The monoisotopic (exact) mass is 624 g/mol. The van der Waals surface area contributed by atoms with Crippen LogP contribution in [0.15, 0.2) is 30.5 Å². The fourth-order valence-corrected chi connectivity index (χ4v) is 8.30. The van der Waals surface area contributed by atoms with Gasteiger partial charge in [-0.15, -0.1) is 6.42 Å². The van der Waals surface area contributed by atoms with E-state index in [0.29, 0.717) is 48.4 Å². The number of fused-ring (bicyclic) bond motifs is 7. The summed E-state index contributed by atoms with van der Waals surface area (Å²) in [6, 6.07) is 6.16. The lowest BCUT2D eigenvalue weighted by Gasteiger charge is -2.51. The third-order valence-electron chi connectivity index (χ3n) is 11.0. The number of aromatic nitrogens is 3. The van der Waals surface area contributed by atoms with Crippen molar-refractivity contribution in [1.82, 2.24) is 20.3 Å². The molecule has 5 fully saturated rings. The molecule has 2 aromatic carbocycles. The van der Waals surface area contributed by atoms with E-state index in [-0.39, 0.29) is 50.8 Å². The molecular weight excluding hydrogens is 590 g/mol. The Kier molecular flexibility index (Phi) is 6.59. The van der Waals surface area contributed by atoms with E-state index >= 15 is 4.39 Å². The van der Waals surface area contributed by atoms with Gasteiger partial charge in [-0.3, -0.25) is 9.78 Å². The molecule has 2 aromatic heterocycles. The molecule has 236 valence electrons. The molecule has 4 bridgehead atoms. The normalized spacial score (nSPS) is 26.8. The number of ether oxygens (including phenoxy) is 1. The largest absolute Gasteiger partial charge is 0.508 e. The molecule has 0 unspecified atom stereocenters. The highest BCUT2D eigenvalue weighted by Gasteiger charge is 2.52. The molecule has 4 N–H and O–H groups in total. The van der Waals surface area contributed by atoms with E-state index in [9.17, 15) is 14.3 Å². The van der Waals surface area contributed by atoms with E-state index < -0.39 is 17.0 Å². The minimum absolute atomic E-state index is 0.0172. The molecule has 4 aromatic rings. The second-order valence-electron chi connectivity index (χ2n) is 13.6. The summed E-state index contributed by atoms with van der Waals surface area (Å²) in [5.41, 5.74) is 5.23. The molecule has 2 atom stereocenters. The third kappa shape index (κ3) is 4.53. The number of terminal acetylenes is 1. The van der Waals surface area contributed by atoms with Gasteiger partial charge >= 0.3 is 6.01 Å². The predicted molar refractivity (Wildman–Crippen MR) is 169 cm³/mol. The summed E-state index contributed by atoms with van der Waals surface area (Å²) in [7, 11) is 0. The average molecular weight is 625 g/mol. The van der Waals surface area contributed by atoms with E-state index in [2.05, 4.69) is 26.1 Å². The number of hydrogen-bond acceptors (Lipinski definition) is 8. The van der Waals surface area contributed by atoms with Gasteiger partial charge in [0.1, 0.15) is 28.6 Å². The van der Waals surface area contributed by atoms with Gasteiger partial charge in [0.25, 0.3) is 0 Å². The number of halogens is 2. The van der Waals surface area contributed by atoms with Crippen LogP contribution >= 0.6 is 0 Å². The number of nitrogens with one attached hydrogen (secondary N) is 1. The quantitative estimate of drug-likeness (QED) is 0.257. The Morgan fingerprint density at radius 1 is 1.11 bits per heavy atom. The summed E-state index contributed by atoms with van der Waals surface area (Å²) >= 11 is 0. The summed E-state index contributed by atoms with van der Waals surface area (Å²) in [5.74, 6) is 1.19. The number of carbonyl (C=O) groups is 1. The number of nitrogens with zero attached hydrogens (tertiary/aromatic N) is 4. The van der Waals surface area contributed by atoms with Crippen LogP contribution < -0.4 is 20.7 Å². The van der Waals surface area contributed by atoms with Crippen molar-refractivity contribution in [3.63, 3.8) is 0 Å². The van der Waals surface area contributed by atoms with E-state index in [1.165, 1.54) is 30.5 Å². The molecule has 3 saturated carbocycles. The van der Waals surface area contributed by atoms with Crippen molar-refractivity contribution in [2.24, 2.45) is 16.6 Å². The zero-order valence-corrected chi connectivity index (χ0v) is 25.3. The molecule has 9 nitrogen and oxygen atoms in total. The summed E-state index contributed by atoms with van der Waals surface area (Å²) in [5, 5.41) is 15.3. The fourth-order valence-electron chi connectivity index (χ4n) is 8.30. The molecule has 3 aliphatic carbocycles. The number of piperazine rings is 1. The molecule has 5 aliphatic rings. The number of pyridine rings is 1. The Morgan fingerprint density at radius 2 is 1.83 bits per heavy atom. The van der Waals surface area contributed by atoms with Crippen LogP contribution in [0.25, 0.3) is 32.9 Å². The van der Waals surface area contributed by atoms with Crippen molar-refractivity contribution in [3.05, 3.63) is 47.7 Å². The number of anilines is 1. The number of rotatable bonds is 6. The van der Waals surface area contributed by atoms with Crippen LogP contribution in [0.1, 0.15) is 56.9 Å². The second-order valence-corrected chi connectivity index (χ2v) is 13.6. The van der Waals surface area contributed by atoms with Gasteiger partial charge in [-0.05, 0) is 75.0 Å². The average Bonchev–Trinajstić information content (AvgIpc) is 3.41. The van der Waals surface area contributed by atoms with Gasteiger partial charge in [0.15, 0.2) is 5.82 Å². The number of aromatic hydroxyl groups is 1. The van der Waals surface area contributed by atoms with Gasteiger partial charge in [0.2, 0.25) is 5.91 Å². The number of benzene rings is 2. The van der Waals surface area contributed by atoms with Crippen molar-refractivity contribution >= 4 is 33.4 Å². The van der Waals surface area contributed by atoms with E-state index in [1.54, 1.807) is 0 Å². The van der Waals surface area contributed by atoms with Crippen LogP contribution in [0.4, 0.5) is 14.6 Å². The van der Waals surface area contributed by atoms with Crippen LogP contribution in [0.5, 0.6) is 11.8 Å². The van der Waals surface area contributed by atoms with Crippen molar-refractivity contribution in [3.8, 4) is 35.4 Å². The van der Waals surface area contributed by atoms with E-state index in [0.717, 1.165) is 51.4 Å². The van der Waals surface area contributed by atoms with Crippen LogP contribution in [0, 0.1) is 34.8 Å². The van der Waals surface area contributed by atoms with Gasteiger partial charge in [0, 0.05) is 53.1 Å². The lowest BCUT2D eigenvalue weighted by Crippen LogP contribution is -2.51. The molecule has 1 amide bonds. The minimum Gasteiger partial charge on any atom is -0.508 e. The van der Waals surface area contributed by atoms with Gasteiger partial charge in [-0.1, -0.05) is 12.0 Å². The van der Waals surface area contributed by atoms with Gasteiger partial charge in [0.05, 0.1) is 17.6 Å². The second kappa shape index (κ2) is 10.5.